The summed E-state index contributed by atoms with van der Waals surface area (Å²) >= 11 is 0. The number of benzene rings is 1. The molecule has 0 spiro atoms. The molecule has 0 amide bonds. The molecular formula is C14H17N3O2S. The van der Waals surface area contributed by atoms with Crippen molar-refractivity contribution in [3.63, 3.8) is 0 Å². The van der Waals surface area contributed by atoms with E-state index in [1.165, 1.54) is 0 Å². The number of pyridine rings is 1. The van der Waals surface area contributed by atoms with Gasteiger partial charge in [0, 0.05) is 12.2 Å². The van der Waals surface area contributed by atoms with Crippen molar-refractivity contribution in [1.82, 2.24) is 10.3 Å². The Bertz CT molecular complexity index is 699. The van der Waals surface area contributed by atoms with Crippen LogP contribution in [0.1, 0.15) is 11.3 Å². The van der Waals surface area contributed by atoms with Gasteiger partial charge in [-0.05, 0) is 37.7 Å². The third kappa shape index (κ3) is 3.34. The van der Waals surface area contributed by atoms with Crippen molar-refractivity contribution < 1.29 is 8.42 Å². The first-order chi connectivity index (χ1) is 9.53. The molecule has 1 aromatic heterocycles. The maximum Gasteiger partial charge on any atom is 0.263 e. The third-order valence-electron chi connectivity index (χ3n) is 2.76. The van der Waals surface area contributed by atoms with E-state index >= 15 is 0 Å². The summed E-state index contributed by atoms with van der Waals surface area (Å²) in [6, 6.07) is 12.1. The predicted molar refractivity (Wildman–Crippen MR) is 79.0 cm³/mol. The van der Waals surface area contributed by atoms with Gasteiger partial charge in [0.1, 0.15) is 5.82 Å². The molecule has 0 saturated carbocycles. The summed E-state index contributed by atoms with van der Waals surface area (Å²) in [5.41, 5.74) is 1.48. The zero-order valence-corrected chi connectivity index (χ0v) is 12.2. The molecule has 2 N–H and O–H groups in total. The van der Waals surface area contributed by atoms with E-state index in [0.29, 0.717) is 12.4 Å². The molecule has 5 nitrogen and oxygen atoms in total. The first-order valence-electron chi connectivity index (χ1n) is 6.22. The van der Waals surface area contributed by atoms with Crippen molar-refractivity contribution in [1.29, 1.82) is 0 Å². The number of rotatable bonds is 5. The average molecular weight is 291 g/mol. The van der Waals surface area contributed by atoms with E-state index < -0.39 is 10.0 Å². The summed E-state index contributed by atoms with van der Waals surface area (Å²) in [4.78, 5) is 4.42. The van der Waals surface area contributed by atoms with Gasteiger partial charge in [-0.3, -0.25) is 4.72 Å². The predicted octanol–water partition coefficient (Wildman–Crippen LogP) is 1.91. The Hall–Kier alpha value is -1.92. The van der Waals surface area contributed by atoms with Gasteiger partial charge in [-0.1, -0.05) is 24.3 Å². The number of sulfonamides is 1. The second-order valence-corrected chi connectivity index (χ2v) is 6.06. The van der Waals surface area contributed by atoms with Crippen LogP contribution in [-0.4, -0.2) is 20.4 Å². The van der Waals surface area contributed by atoms with Gasteiger partial charge >= 0.3 is 0 Å². The fourth-order valence-electron chi connectivity index (χ4n) is 1.90. The third-order valence-corrected chi connectivity index (χ3v) is 4.21. The van der Waals surface area contributed by atoms with Crippen LogP contribution in [0.15, 0.2) is 47.4 Å². The van der Waals surface area contributed by atoms with Crippen molar-refractivity contribution in [3.05, 3.63) is 53.7 Å². The Labute approximate surface area is 119 Å². The number of hydrogen-bond acceptors (Lipinski definition) is 4. The van der Waals surface area contributed by atoms with E-state index in [9.17, 15) is 8.42 Å². The minimum Gasteiger partial charge on any atom is -0.316 e. The molecule has 2 rings (SSSR count). The summed E-state index contributed by atoms with van der Waals surface area (Å²) in [5.74, 6) is 0.323. The molecule has 0 radical (unpaired) electrons. The first kappa shape index (κ1) is 14.5. The van der Waals surface area contributed by atoms with Crippen LogP contribution in [0.25, 0.3) is 0 Å². The van der Waals surface area contributed by atoms with Gasteiger partial charge in [0.25, 0.3) is 10.0 Å². The molecule has 0 unspecified atom stereocenters. The number of nitrogens with zero attached hydrogens (tertiary/aromatic N) is 1. The minimum atomic E-state index is -3.64. The van der Waals surface area contributed by atoms with E-state index in [0.717, 1.165) is 11.3 Å². The second kappa shape index (κ2) is 6.02. The summed E-state index contributed by atoms with van der Waals surface area (Å²) < 4.78 is 27.4. The Morgan fingerprint density at radius 2 is 1.85 bits per heavy atom. The average Bonchev–Trinajstić information content (AvgIpc) is 2.39. The van der Waals surface area contributed by atoms with E-state index in [4.69, 9.17) is 0 Å². The summed E-state index contributed by atoms with van der Waals surface area (Å²) in [6.07, 6.45) is 0. The van der Waals surface area contributed by atoms with Gasteiger partial charge in [-0.25, -0.2) is 13.4 Å². The molecule has 0 aliphatic carbocycles. The quantitative estimate of drug-likeness (QED) is 0.883. The Morgan fingerprint density at radius 3 is 2.55 bits per heavy atom. The van der Waals surface area contributed by atoms with Gasteiger partial charge in [0.05, 0.1) is 4.90 Å². The zero-order valence-electron chi connectivity index (χ0n) is 11.4. The molecule has 0 fully saturated rings. The SMILES string of the molecule is CNCc1ccccc1S(=O)(=O)Nc1cccc(C)n1. The highest BCUT2D eigenvalue weighted by molar-refractivity contribution is 7.92. The topological polar surface area (TPSA) is 71.1 Å². The van der Waals surface area contributed by atoms with Gasteiger partial charge in [0.15, 0.2) is 0 Å². The van der Waals surface area contributed by atoms with E-state index in [-0.39, 0.29) is 4.90 Å². The zero-order chi connectivity index (χ0) is 14.6. The fourth-order valence-corrected chi connectivity index (χ4v) is 3.14. The highest BCUT2D eigenvalue weighted by Crippen LogP contribution is 2.18. The first-order valence-corrected chi connectivity index (χ1v) is 7.70. The number of nitrogens with one attached hydrogen (secondary N) is 2. The Balaban J connectivity index is 2.36. The summed E-state index contributed by atoms with van der Waals surface area (Å²) in [6.45, 7) is 2.30. The van der Waals surface area contributed by atoms with Gasteiger partial charge in [-0.15, -0.1) is 0 Å². The van der Waals surface area contributed by atoms with Crippen molar-refractivity contribution in [2.75, 3.05) is 11.8 Å². The molecular weight excluding hydrogens is 274 g/mol. The number of aromatic nitrogens is 1. The Morgan fingerprint density at radius 1 is 1.10 bits per heavy atom. The molecule has 0 aliphatic heterocycles. The maximum atomic E-state index is 12.4. The second-order valence-electron chi connectivity index (χ2n) is 4.41. The lowest BCUT2D eigenvalue weighted by atomic mass is 10.2. The molecule has 20 heavy (non-hydrogen) atoms. The van der Waals surface area contributed by atoms with Crippen LogP contribution in [0.5, 0.6) is 0 Å². The normalized spacial score (nSPS) is 11.3. The van der Waals surface area contributed by atoms with Crippen LogP contribution < -0.4 is 10.0 Å². The van der Waals surface area contributed by atoms with E-state index in [1.54, 1.807) is 37.4 Å². The lowest BCUT2D eigenvalue weighted by Crippen LogP contribution is -2.18. The summed E-state index contributed by atoms with van der Waals surface area (Å²) in [5, 5.41) is 2.96. The van der Waals surface area contributed by atoms with Gasteiger partial charge < -0.3 is 5.32 Å². The number of hydrogen-bond donors (Lipinski definition) is 2. The lowest BCUT2D eigenvalue weighted by molar-refractivity contribution is 0.599. The fraction of sp³-hybridized carbons (Fsp3) is 0.214. The molecule has 0 atom stereocenters. The van der Waals surface area contributed by atoms with Crippen molar-refractivity contribution in [3.8, 4) is 0 Å². The van der Waals surface area contributed by atoms with Gasteiger partial charge in [0.2, 0.25) is 0 Å². The van der Waals surface area contributed by atoms with Gasteiger partial charge in [-0.2, -0.15) is 0 Å². The molecule has 0 bridgehead atoms. The maximum absolute atomic E-state index is 12.4. The highest BCUT2D eigenvalue weighted by atomic mass is 32.2. The molecule has 1 aromatic carbocycles. The van der Waals surface area contributed by atoms with Crippen molar-refractivity contribution in [2.24, 2.45) is 0 Å². The summed E-state index contributed by atoms with van der Waals surface area (Å²) in [7, 11) is -1.86. The van der Waals surface area contributed by atoms with Crippen LogP contribution in [0, 0.1) is 6.92 Å². The molecule has 1 heterocycles. The Kier molecular flexibility index (Phi) is 4.36. The lowest BCUT2D eigenvalue weighted by Gasteiger charge is -2.11. The molecule has 6 heteroatoms. The smallest absolute Gasteiger partial charge is 0.263 e. The molecule has 106 valence electrons. The highest BCUT2D eigenvalue weighted by Gasteiger charge is 2.18. The van der Waals surface area contributed by atoms with Crippen LogP contribution in [0.4, 0.5) is 5.82 Å². The van der Waals surface area contributed by atoms with E-state index in [1.807, 2.05) is 19.1 Å². The molecule has 2 aromatic rings. The van der Waals surface area contributed by atoms with Crippen molar-refractivity contribution >= 4 is 15.8 Å². The van der Waals surface area contributed by atoms with Crippen LogP contribution >= 0.6 is 0 Å². The van der Waals surface area contributed by atoms with Crippen LogP contribution in [0.3, 0.4) is 0 Å². The van der Waals surface area contributed by atoms with E-state index in [2.05, 4.69) is 15.0 Å². The van der Waals surface area contributed by atoms with Crippen molar-refractivity contribution in [2.45, 2.75) is 18.4 Å². The monoisotopic (exact) mass is 291 g/mol. The molecule has 0 aliphatic rings. The molecule has 0 saturated heterocycles. The standard InChI is InChI=1S/C14H17N3O2S/c1-11-6-5-9-14(16-11)17-20(18,19)13-8-4-3-7-12(13)10-15-2/h3-9,15H,10H2,1-2H3,(H,16,17). The number of aryl methyl sites for hydroxylation is 1. The number of anilines is 1. The van der Waals surface area contributed by atoms with Crippen LogP contribution in [-0.2, 0) is 16.6 Å². The largest absolute Gasteiger partial charge is 0.316 e. The minimum absolute atomic E-state index is 0.262. The van der Waals surface area contributed by atoms with Crippen LogP contribution in [0.2, 0.25) is 0 Å².